The Kier molecular flexibility index (Phi) is 3.58. The van der Waals surface area contributed by atoms with Gasteiger partial charge in [-0.15, -0.1) is 0 Å². The molecule has 2 amide bonds. The van der Waals surface area contributed by atoms with Gasteiger partial charge >= 0.3 is 0 Å². The van der Waals surface area contributed by atoms with Crippen LogP contribution in [-0.2, 0) is 4.79 Å². The molecule has 0 aliphatic carbocycles. The number of nitrogens with two attached hydrogens (primary N) is 1. The number of nitrogens with zero attached hydrogens (tertiary/aromatic N) is 1. The van der Waals surface area contributed by atoms with Gasteiger partial charge in [-0.2, -0.15) is 0 Å². The highest BCUT2D eigenvalue weighted by Gasteiger charge is 2.31. The van der Waals surface area contributed by atoms with Crippen LogP contribution >= 0.6 is 0 Å². The van der Waals surface area contributed by atoms with Crippen LogP contribution in [-0.4, -0.2) is 16.7 Å². The molecule has 0 fully saturated rings. The first kappa shape index (κ1) is 13.8. The number of carbonyl (C=O) groups is 2. The minimum absolute atomic E-state index is 0.290. The molecule has 0 saturated carbocycles. The Morgan fingerprint density at radius 1 is 0.955 bits per heavy atom. The zero-order chi connectivity index (χ0) is 15.5. The van der Waals surface area contributed by atoms with Crippen molar-refractivity contribution in [3.63, 3.8) is 0 Å². The predicted molar refractivity (Wildman–Crippen MR) is 84.3 cm³/mol. The second kappa shape index (κ2) is 5.69. The SMILES string of the molecule is NC1=CN(C(=O)c2ccccc2)C(=O)/C1=C/c1ccccc1. The number of rotatable bonds is 2. The van der Waals surface area contributed by atoms with Gasteiger partial charge in [0.05, 0.1) is 11.3 Å². The number of hydrogen-bond donors (Lipinski definition) is 1. The van der Waals surface area contributed by atoms with Crippen LogP contribution < -0.4 is 5.73 Å². The highest BCUT2D eigenvalue weighted by atomic mass is 16.2. The summed E-state index contributed by atoms with van der Waals surface area (Å²) in [6, 6.07) is 18.0. The lowest BCUT2D eigenvalue weighted by molar-refractivity contribution is -0.121. The lowest BCUT2D eigenvalue weighted by atomic mass is 10.1. The van der Waals surface area contributed by atoms with Gasteiger partial charge in [-0.25, -0.2) is 4.90 Å². The van der Waals surface area contributed by atoms with Crippen LogP contribution in [0.3, 0.4) is 0 Å². The van der Waals surface area contributed by atoms with Gasteiger partial charge in [-0.3, -0.25) is 9.59 Å². The first-order valence-electron chi connectivity index (χ1n) is 6.84. The van der Waals surface area contributed by atoms with Gasteiger partial charge in [0.15, 0.2) is 0 Å². The minimum atomic E-state index is -0.407. The summed E-state index contributed by atoms with van der Waals surface area (Å²) < 4.78 is 0. The largest absolute Gasteiger partial charge is 0.397 e. The number of carbonyl (C=O) groups excluding carboxylic acids is 2. The van der Waals surface area contributed by atoms with E-state index in [0.29, 0.717) is 11.1 Å². The third-order valence-electron chi connectivity index (χ3n) is 3.38. The fourth-order valence-corrected chi connectivity index (χ4v) is 2.25. The number of benzene rings is 2. The fraction of sp³-hybridized carbons (Fsp3) is 0. The summed E-state index contributed by atoms with van der Waals surface area (Å²) in [5.74, 6) is -0.791. The first-order valence-corrected chi connectivity index (χ1v) is 6.84. The van der Waals surface area contributed by atoms with Crippen LogP contribution in [0.2, 0.25) is 0 Å². The van der Waals surface area contributed by atoms with E-state index in [4.69, 9.17) is 5.73 Å². The highest BCUT2D eigenvalue weighted by molar-refractivity contribution is 6.16. The summed E-state index contributed by atoms with van der Waals surface area (Å²) >= 11 is 0. The summed E-state index contributed by atoms with van der Waals surface area (Å²) in [4.78, 5) is 25.9. The van der Waals surface area contributed by atoms with Crippen molar-refractivity contribution in [3.8, 4) is 0 Å². The van der Waals surface area contributed by atoms with Crippen LogP contribution in [0, 0.1) is 0 Å². The van der Waals surface area contributed by atoms with E-state index in [9.17, 15) is 9.59 Å². The molecule has 1 heterocycles. The molecule has 1 aliphatic heterocycles. The minimum Gasteiger partial charge on any atom is -0.397 e. The summed E-state index contributed by atoms with van der Waals surface area (Å²) in [5, 5.41) is 0. The zero-order valence-corrected chi connectivity index (χ0v) is 11.8. The molecule has 0 spiro atoms. The quantitative estimate of drug-likeness (QED) is 0.683. The maximum atomic E-state index is 12.4. The van der Waals surface area contributed by atoms with Crippen LogP contribution in [0.5, 0.6) is 0 Å². The average Bonchev–Trinajstić information content (AvgIpc) is 2.84. The second-order valence-corrected chi connectivity index (χ2v) is 4.90. The Morgan fingerprint density at radius 3 is 2.18 bits per heavy atom. The molecule has 4 nitrogen and oxygen atoms in total. The molecule has 1 aliphatic rings. The Morgan fingerprint density at radius 2 is 1.55 bits per heavy atom. The molecule has 0 bridgehead atoms. The van der Waals surface area contributed by atoms with Crippen molar-refractivity contribution in [2.75, 3.05) is 0 Å². The average molecular weight is 290 g/mol. The maximum absolute atomic E-state index is 12.4. The summed E-state index contributed by atoms with van der Waals surface area (Å²) in [5.41, 5.74) is 7.82. The van der Waals surface area contributed by atoms with Gasteiger partial charge in [-0.05, 0) is 23.8 Å². The van der Waals surface area contributed by atoms with Gasteiger partial charge in [0, 0.05) is 11.8 Å². The molecular formula is C18H14N2O2. The van der Waals surface area contributed by atoms with Crippen molar-refractivity contribution in [2.24, 2.45) is 5.73 Å². The van der Waals surface area contributed by atoms with Crippen LogP contribution in [0.25, 0.3) is 6.08 Å². The third kappa shape index (κ3) is 2.54. The molecule has 0 atom stereocenters. The highest BCUT2D eigenvalue weighted by Crippen LogP contribution is 2.23. The molecule has 4 heteroatoms. The molecule has 2 N–H and O–H groups in total. The summed E-state index contributed by atoms with van der Waals surface area (Å²) in [7, 11) is 0. The molecule has 0 aromatic heterocycles. The Labute approximate surface area is 128 Å². The van der Waals surface area contributed by atoms with E-state index in [-0.39, 0.29) is 11.6 Å². The van der Waals surface area contributed by atoms with Crippen LogP contribution in [0.15, 0.2) is 78.1 Å². The smallest absolute Gasteiger partial charge is 0.267 e. The van der Waals surface area contributed by atoms with Crippen molar-refractivity contribution < 1.29 is 9.59 Å². The van der Waals surface area contributed by atoms with Crippen molar-refractivity contribution in [2.45, 2.75) is 0 Å². The molecule has 2 aromatic carbocycles. The van der Waals surface area contributed by atoms with Gasteiger partial charge in [0.25, 0.3) is 11.8 Å². The molecule has 0 radical (unpaired) electrons. The molecule has 0 unspecified atom stereocenters. The Hall–Kier alpha value is -3.14. The van der Waals surface area contributed by atoms with Gasteiger partial charge in [0.1, 0.15) is 0 Å². The second-order valence-electron chi connectivity index (χ2n) is 4.90. The fourth-order valence-electron chi connectivity index (χ4n) is 2.25. The first-order chi connectivity index (χ1) is 10.7. The van der Waals surface area contributed by atoms with E-state index >= 15 is 0 Å². The number of amides is 2. The van der Waals surface area contributed by atoms with Crippen LogP contribution in [0.4, 0.5) is 0 Å². The zero-order valence-electron chi connectivity index (χ0n) is 11.8. The van der Waals surface area contributed by atoms with E-state index in [0.717, 1.165) is 10.5 Å². The van der Waals surface area contributed by atoms with Gasteiger partial charge < -0.3 is 5.73 Å². The number of imide groups is 1. The maximum Gasteiger partial charge on any atom is 0.267 e. The van der Waals surface area contributed by atoms with Crippen molar-refractivity contribution >= 4 is 17.9 Å². The predicted octanol–water partition coefficient (Wildman–Crippen LogP) is 2.55. The Bertz CT molecular complexity index is 777. The third-order valence-corrected chi connectivity index (χ3v) is 3.38. The molecule has 2 aromatic rings. The van der Waals surface area contributed by atoms with Gasteiger partial charge in [-0.1, -0.05) is 48.5 Å². The molecule has 3 rings (SSSR count). The normalized spacial score (nSPS) is 16.0. The number of hydrogen-bond acceptors (Lipinski definition) is 3. The lowest BCUT2D eigenvalue weighted by Crippen LogP contribution is -2.29. The standard InChI is InChI=1S/C18H14N2O2/c19-16-12-20(17(21)14-9-5-2-6-10-14)18(22)15(16)11-13-7-3-1-4-8-13/h1-12H,19H2/b15-11+. The summed E-state index contributed by atoms with van der Waals surface area (Å²) in [6.07, 6.45) is 3.07. The lowest BCUT2D eigenvalue weighted by Gasteiger charge is -2.11. The summed E-state index contributed by atoms with van der Waals surface area (Å²) in [6.45, 7) is 0. The van der Waals surface area contributed by atoms with Crippen LogP contribution in [0.1, 0.15) is 15.9 Å². The molecule has 108 valence electrons. The van der Waals surface area contributed by atoms with E-state index in [2.05, 4.69) is 0 Å². The van der Waals surface area contributed by atoms with E-state index < -0.39 is 5.91 Å². The molecule has 0 saturated heterocycles. The Balaban J connectivity index is 1.91. The van der Waals surface area contributed by atoms with Crippen molar-refractivity contribution in [3.05, 3.63) is 89.3 Å². The van der Waals surface area contributed by atoms with E-state index in [1.54, 1.807) is 30.3 Å². The van der Waals surface area contributed by atoms with Crippen molar-refractivity contribution in [1.82, 2.24) is 4.90 Å². The monoisotopic (exact) mass is 290 g/mol. The van der Waals surface area contributed by atoms with E-state index in [1.807, 2.05) is 36.4 Å². The topological polar surface area (TPSA) is 63.4 Å². The van der Waals surface area contributed by atoms with Gasteiger partial charge in [0.2, 0.25) is 0 Å². The van der Waals surface area contributed by atoms with Crippen molar-refractivity contribution in [1.29, 1.82) is 0 Å². The molecule has 22 heavy (non-hydrogen) atoms. The molecular weight excluding hydrogens is 276 g/mol. The van der Waals surface area contributed by atoms with E-state index in [1.165, 1.54) is 6.20 Å².